The number of halogens is 2. The Bertz CT molecular complexity index is 683. The first-order chi connectivity index (χ1) is 9.38. The van der Waals surface area contributed by atoms with Crippen molar-refractivity contribution in [3.05, 3.63) is 62.1 Å². The highest BCUT2D eigenvalue weighted by molar-refractivity contribution is 6.35. The highest BCUT2D eigenvalue weighted by Crippen LogP contribution is 2.33. The molecule has 2 aromatic rings. The predicted molar refractivity (Wildman–Crippen MR) is 75.5 cm³/mol. The van der Waals surface area contributed by atoms with Crippen LogP contribution in [0.4, 0.5) is 5.69 Å². The van der Waals surface area contributed by atoms with Gasteiger partial charge in [-0.25, -0.2) is 4.79 Å². The van der Waals surface area contributed by atoms with Crippen LogP contribution in [0.25, 0.3) is 11.1 Å². The van der Waals surface area contributed by atoms with Crippen molar-refractivity contribution in [3.63, 3.8) is 0 Å². The predicted octanol–water partition coefficient (Wildman–Crippen LogP) is 4.27. The van der Waals surface area contributed by atoms with Crippen LogP contribution < -0.4 is 0 Å². The molecule has 0 atom stereocenters. The van der Waals surface area contributed by atoms with Gasteiger partial charge in [-0.2, -0.15) is 0 Å². The molecule has 0 fully saturated rings. The lowest BCUT2D eigenvalue weighted by atomic mass is 10.0. The van der Waals surface area contributed by atoms with Gasteiger partial charge < -0.3 is 5.11 Å². The highest BCUT2D eigenvalue weighted by atomic mass is 35.5. The zero-order valence-corrected chi connectivity index (χ0v) is 11.4. The topological polar surface area (TPSA) is 80.4 Å². The molecule has 0 saturated carbocycles. The summed E-state index contributed by atoms with van der Waals surface area (Å²) in [6.45, 7) is 0. The minimum atomic E-state index is -1.26. The van der Waals surface area contributed by atoms with Gasteiger partial charge in [0, 0.05) is 27.7 Å². The molecule has 2 aromatic carbocycles. The molecule has 0 aliphatic rings. The van der Waals surface area contributed by atoms with Gasteiger partial charge >= 0.3 is 5.97 Å². The van der Waals surface area contributed by atoms with E-state index in [4.69, 9.17) is 28.3 Å². The van der Waals surface area contributed by atoms with Gasteiger partial charge in [-0.15, -0.1) is 0 Å². The molecule has 7 heteroatoms. The highest BCUT2D eigenvalue weighted by Gasteiger charge is 2.16. The van der Waals surface area contributed by atoms with Gasteiger partial charge in [-0.1, -0.05) is 23.2 Å². The third-order valence-corrected chi connectivity index (χ3v) is 3.18. The maximum atomic E-state index is 11.0. The maximum Gasteiger partial charge on any atom is 0.335 e. The Balaban J connectivity index is 2.69. The summed E-state index contributed by atoms with van der Waals surface area (Å²) in [6, 6.07) is 8.19. The van der Waals surface area contributed by atoms with Gasteiger partial charge in [0.25, 0.3) is 5.69 Å². The fraction of sp³-hybridized carbons (Fsp3) is 0. The molecule has 0 amide bonds. The second-order valence-electron chi connectivity index (χ2n) is 3.95. The largest absolute Gasteiger partial charge is 0.478 e. The van der Waals surface area contributed by atoms with Crippen LogP contribution in [0.1, 0.15) is 10.4 Å². The molecule has 0 aliphatic carbocycles. The Morgan fingerprint density at radius 2 is 1.85 bits per heavy atom. The number of carbonyl (C=O) groups is 1. The lowest BCUT2D eigenvalue weighted by molar-refractivity contribution is -0.384. The standard InChI is InChI=1S/C13H7Cl2NO4/c14-9-1-2-12(15)11(6-9)7-3-8(13(17)18)5-10(4-7)16(19)20/h1-6H,(H,17,18). The van der Waals surface area contributed by atoms with E-state index in [1.807, 2.05) is 0 Å². The quantitative estimate of drug-likeness (QED) is 0.678. The van der Waals surface area contributed by atoms with Crippen molar-refractivity contribution in [1.82, 2.24) is 0 Å². The van der Waals surface area contributed by atoms with Gasteiger partial charge in [-0.05, 0) is 29.8 Å². The number of carboxylic acids is 1. The summed E-state index contributed by atoms with van der Waals surface area (Å²) in [5.41, 5.74) is 0.246. The Kier molecular flexibility index (Phi) is 3.92. The smallest absolute Gasteiger partial charge is 0.335 e. The van der Waals surface area contributed by atoms with E-state index >= 15 is 0 Å². The Morgan fingerprint density at radius 1 is 1.15 bits per heavy atom. The van der Waals surface area contributed by atoms with Crippen LogP contribution >= 0.6 is 23.2 Å². The molecule has 0 bridgehead atoms. The van der Waals surface area contributed by atoms with Crippen molar-refractivity contribution in [1.29, 1.82) is 0 Å². The normalized spacial score (nSPS) is 10.3. The zero-order chi connectivity index (χ0) is 14.9. The molecule has 0 aliphatic heterocycles. The van der Waals surface area contributed by atoms with Crippen molar-refractivity contribution in [3.8, 4) is 11.1 Å². The zero-order valence-electron chi connectivity index (χ0n) is 9.84. The second-order valence-corrected chi connectivity index (χ2v) is 4.80. The summed E-state index contributed by atoms with van der Waals surface area (Å²) in [7, 11) is 0. The summed E-state index contributed by atoms with van der Waals surface area (Å²) in [4.78, 5) is 21.2. The molecule has 0 aromatic heterocycles. The van der Waals surface area contributed by atoms with E-state index in [2.05, 4.69) is 0 Å². The maximum absolute atomic E-state index is 11.0. The number of nitrogens with zero attached hydrogens (tertiary/aromatic N) is 1. The van der Waals surface area contributed by atoms with Crippen molar-refractivity contribution < 1.29 is 14.8 Å². The van der Waals surface area contributed by atoms with E-state index in [-0.39, 0.29) is 11.3 Å². The van der Waals surface area contributed by atoms with Crippen LogP contribution in [-0.2, 0) is 0 Å². The number of benzene rings is 2. The molecule has 0 heterocycles. The van der Waals surface area contributed by atoms with Crippen molar-refractivity contribution >= 4 is 34.9 Å². The van der Waals surface area contributed by atoms with Gasteiger partial charge in [0.15, 0.2) is 0 Å². The molecule has 0 unspecified atom stereocenters. The van der Waals surface area contributed by atoms with Crippen LogP contribution in [0.15, 0.2) is 36.4 Å². The van der Waals surface area contributed by atoms with E-state index in [0.717, 1.165) is 6.07 Å². The van der Waals surface area contributed by atoms with E-state index < -0.39 is 10.9 Å². The van der Waals surface area contributed by atoms with E-state index in [1.165, 1.54) is 18.2 Å². The molecule has 0 saturated heterocycles. The number of non-ortho nitro benzene ring substituents is 1. The van der Waals surface area contributed by atoms with E-state index in [1.54, 1.807) is 12.1 Å². The summed E-state index contributed by atoms with van der Waals surface area (Å²) < 4.78 is 0. The SMILES string of the molecule is O=C(O)c1cc(-c2cc(Cl)ccc2Cl)cc([N+](=O)[O-])c1. The minimum Gasteiger partial charge on any atom is -0.478 e. The molecule has 102 valence electrons. The molecule has 2 rings (SSSR count). The molecule has 5 nitrogen and oxygen atoms in total. The molecular weight excluding hydrogens is 305 g/mol. The fourth-order valence-electron chi connectivity index (χ4n) is 1.71. The van der Waals surface area contributed by atoms with Gasteiger partial charge in [0.2, 0.25) is 0 Å². The Morgan fingerprint density at radius 3 is 2.45 bits per heavy atom. The molecular formula is C13H7Cl2NO4. The number of rotatable bonds is 3. The Hall–Kier alpha value is -2.11. The number of nitro benzene ring substituents is 1. The number of nitro groups is 1. The Labute approximate surface area is 123 Å². The summed E-state index contributed by atoms with van der Waals surface area (Å²) in [6.07, 6.45) is 0. The molecule has 0 spiro atoms. The lowest BCUT2D eigenvalue weighted by Gasteiger charge is -2.06. The first-order valence-electron chi connectivity index (χ1n) is 5.36. The average Bonchev–Trinajstić information content (AvgIpc) is 2.40. The van der Waals surface area contributed by atoms with E-state index in [9.17, 15) is 14.9 Å². The van der Waals surface area contributed by atoms with Crippen LogP contribution in [0.3, 0.4) is 0 Å². The lowest BCUT2D eigenvalue weighted by Crippen LogP contribution is -1.99. The number of hydrogen-bond acceptors (Lipinski definition) is 3. The molecule has 1 N–H and O–H groups in total. The average molecular weight is 312 g/mol. The number of carboxylic acid groups (broad SMARTS) is 1. The molecule has 20 heavy (non-hydrogen) atoms. The van der Waals surface area contributed by atoms with Gasteiger partial charge in [0.05, 0.1) is 10.5 Å². The number of aromatic carboxylic acids is 1. The molecule has 0 radical (unpaired) electrons. The first-order valence-corrected chi connectivity index (χ1v) is 6.12. The third kappa shape index (κ3) is 2.89. The van der Waals surface area contributed by atoms with Crippen LogP contribution in [0, 0.1) is 10.1 Å². The number of hydrogen-bond donors (Lipinski definition) is 1. The van der Waals surface area contributed by atoms with Crippen molar-refractivity contribution in [2.24, 2.45) is 0 Å². The monoisotopic (exact) mass is 311 g/mol. The van der Waals surface area contributed by atoms with Gasteiger partial charge in [0.1, 0.15) is 0 Å². The fourth-order valence-corrected chi connectivity index (χ4v) is 2.11. The van der Waals surface area contributed by atoms with E-state index in [0.29, 0.717) is 21.2 Å². The summed E-state index contributed by atoms with van der Waals surface area (Å²) in [5.74, 6) is -1.26. The van der Waals surface area contributed by atoms with Crippen molar-refractivity contribution in [2.75, 3.05) is 0 Å². The summed E-state index contributed by atoms with van der Waals surface area (Å²) in [5, 5.41) is 20.6. The van der Waals surface area contributed by atoms with Crippen LogP contribution in [0.2, 0.25) is 10.0 Å². The van der Waals surface area contributed by atoms with Crippen LogP contribution in [0.5, 0.6) is 0 Å². The first kappa shape index (κ1) is 14.3. The van der Waals surface area contributed by atoms with Gasteiger partial charge in [-0.3, -0.25) is 10.1 Å². The second kappa shape index (κ2) is 5.48. The summed E-state index contributed by atoms with van der Waals surface area (Å²) >= 11 is 11.9. The minimum absolute atomic E-state index is 0.190. The van der Waals surface area contributed by atoms with Crippen LogP contribution in [-0.4, -0.2) is 16.0 Å². The van der Waals surface area contributed by atoms with Crippen molar-refractivity contribution in [2.45, 2.75) is 0 Å². The third-order valence-electron chi connectivity index (χ3n) is 2.61.